The standard InChI is InChI=1S/C28H26ClF3N2O6/c29-21-10-12-23(40-28(31)32)24(25(21)30)17-5-11-22(34(39)14-17)20(13-15-1-8-19(35)9-2-15)26(36)33-18-6-3-16(4-7-18)27(37)38/h3-7,10-12,14-15,19-20,28,35H,1-2,8-9,13H2,(H,33,36)(H,37,38)/t15?,19?,20-/m0/s1. The monoisotopic (exact) mass is 578 g/mol. The molecule has 1 amide bonds. The van der Waals surface area contributed by atoms with Crippen LogP contribution in [-0.2, 0) is 4.79 Å². The molecule has 40 heavy (non-hydrogen) atoms. The van der Waals surface area contributed by atoms with Crippen molar-refractivity contribution >= 4 is 29.2 Å². The summed E-state index contributed by atoms with van der Waals surface area (Å²) in [5.41, 5.74) is -0.119. The molecule has 1 saturated carbocycles. The van der Waals surface area contributed by atoms with Crippen LogP contribution >= 0.6 is 11.6 Å². The number of alkyl halides is 2. The molecule has 1 heterocycles. The normalized spacial score (nSPS) is 17.9. The van der Waals surface area contributed by atoms with Gasteiger partial charge in [-0.1, -0.05) is 11.6 Å². The molecule has 1 atom stereocenters. The number of carboxylic acid groups (broad SMARTS) is 1. The van der Waals surface area contributed by atoms with Gasteiger partial charge in [-0.15, -0.1) is 0 Å². The summed E-state index contributed by atoms with van der Waals surface area (Å²) in [5, 5.41) is 34.6. The molecule has 1 aliphatic carbocycles. The van der Waals surface area contributed by atoms with E-state index >= 15 is 0 Å². The molecule has 0 saturated heterocycles. The topological polar surface area (TPSA) is 123 Å². The molecule has 2 aromatic carbocycles. The Balaban J connectivity index is 1.67. The van der Waals surface area contributed by atoms with Crippen molar-refractivity contribution in [1.29, 1.82) is 0 Å². The van der Waals surface area contributed by atoms with Crippen LogP contribution in [0.15, 0.2) is 54.7 Å². The number of aliphatic hydroxyl groups is 1. The molecule has 0 radical (unpaired) electrons. The number of nitrogens with zero attached hydrogens (tertiary/aromatic N) is 1. The number of carbonyl (C=O) groups excluding carboxylic acids is 1. The van der Waals surface area contributed by atoms with Gasteiger partial charge in [0, 0.05) is 11.8 Å². The highest BCUT2D eigenvalue weighted by atomic mass is 35.5. The van der Waals surface area contributed by atoms with Crippen molar-refractivity contribution in [3.63, 3.8) is 0 Å². The minimum atomic E-state index is -3.25. The Morgan fingerprint density at radius 2 is 1.75 bits per heavy atom. The minimum Gasteiger partial charge on any atom is -0.618 e. The molecule has 1 fully saturated rings. The lowest BCUT2D eigenvalue weighted by atomic mass is 9.80. The molecule has 212 valence electrons. The molecule has 1 aliphatic rings. The van der Waals surface area contributed by atoms with E-state index in [0.29, 0.717) is 36.1 Å². The molecule has 12 heteroatoms. The summed E-state index contributed by atoms with van der Waals surface area (Å²) >= 11 is 5.85. The Bertz CT molecular complexity index is 1380. The quantitative estimate of drug-likeness (QED) is 0.220. The highest BCUT2D eigenvalue weighted by Gasteiger charge is 2.33. The zero-order valence-corrected chi connectivity index (χ0v) is 21.8. The smallest absolute Gasteiger partial charge is 0.387 e. The second-order valence-corrected chi connectivity index (χ2v) is 10.0. The summed E-state index contributed by atoms with van der Waals surface area (Å²) in [7, 11) is 0. The molecule has 3 N–H and O–H groups in total. The number of halogens is 4. The lowest BCUT2D eigenvalue weighted by Crippen LogP contribution is -2.38. The maximum Gasteiger partial charge on any atom is 0.387 e. The van der Waals surface area contributed by atoms with E-state index in [1.54, 1.807) is 0 Å². The van der Waals surface area contributed by atoms with Gasteiger partial charge in [-0.3, -0.25) is 4.79 Å². The van der Waals surface area contributed by atoms with Gasteiger partial charge in [-0.2, -0.15) is 13.5 Å². The maximum atomic E-state index is 14.9. The van der Waals surface area contributed by atoms with Crippen LogP contribution in [-0.4, -0.2) is 34.8 Å². The van der Waals surface area contributed by atoms with E-state index in [2.05, 4.69) is 10.1 Å². The van der Waals surface area contributed by atoms with Crippen molar-refractivity contribution < 1.29 is 42.4 Å². The van der Waals surface area contributed by atoms with Crippen LogP contribution in [0.1, 0.15) is 54.1 Å². The SMILES string of the molecule is O=C(O)c1ccc(NC(=O)[C@@H](CC2CCC(O)CC2)c2ccc(-c3c(OC(F)F)ccc(Cl)c3F)c[n+]2[O-])cc1. The van der Waals surface area contributed by atoms with Gasteiger partial charge in [-0.05, 0) is 80.5 Å². The molecular weight excluding hydrogens is 553 g/mol. The fraction of sp³-hybridized carbons (Fsp3) is 0.321. The molecule has 0 aliphatic heterocycles. The Morgan fingerprint density at radius 3 is 2.35 bits per heavy atom. The lowest BCUT2D eigenvalue weighted by molar-refractivity contribution is -0.614. The summed E-state index contributed by atoms with van der Waals surface area (Å²) in [5.74, 6) is -4.14. The highest BCUT2D eigenvalue weighted by molar-refractivity contribution is 6.31. The first kappa shape index (κ1) is 29.2. The number of benzene rings is 2. The fourth-order valence-corrected chi connectivity index (χ4v) is 5.07. The number of aromatic nitrogens is 1. The van der Waals surface area contributed by atoms with Gasteiger partial charge in [-0.25, -0.2) is 9.18 Å². The van der Waals surface area contributed by atoms with Gasteiger partial charge >= 0.3 is 12.6 Å². The second kappa shape index (κ2) is 12.6. The van der Waals surface area contributed by atoms with Crippen LogP contribution in [0.3, 0.4) is 0 Å². The van der Waals surface area contributed by atoms with Crippen LogP contribution in [0.5, 0.6) is 5.75 Å². The van der Waals surface area contributed by atoms with Crippen LogP contribution in [0.2, 0.25) is 5.02 Å². The van der Waals surface area contributed by atoms with E-state index in [-0.39, 0.29) is 34.2 Å². The van der Waals surface area contributed by atoms with Crippen molar-refractivity contribution in [2.24, 2.45) is 5.92 Å². The number of rotatable bonds is 9. The van der Waals surface area contributed by atoms with Crippen molar-refractivity contribution in [2.45, 2.75) is 50.7 Å². The molecular formula is C28H26ClF3N2O6. The predicted octanol–water partition coefficient (Wildman–Crippen LogP) is 5.74. The number of carbonyl (C=O) groups is 2. The summed E-state index contributed by atoms with van der Waals surface area (Å²) < 4.78 is 45.6. The highest BCUT2D eigenvalue weighted by Crippen LogP contribution is 2.38. The molecule has 1 aromatic heterocycles. The van der Waals surface area contributed by atoms with E-state index in [1.807, 2.05) is 0 Å². The summed E-state index contributed by atoms with van der Waals surface area (Å²) in [4.78, 5) is 24.6. The van der Waals surface area contributed by atoms with E-state index in [4.69, 9.17) is 16.7 Å². The number of ether oxygens (including phenoxy) is 1. The number of anilines is 1. The third-order valence-electron chi connectivity index (χ3n) is 6.96. The Hall–Kier alpha value is -3.83. The van der Waals surface area contributed by atoms with Gasteiger partial charge in [0.15, 0.2) is 12.0 Å². The minimum absolute atomic E-state index is 0.0321. The predicted molar refractivity (Wildman–Crippen MR) is 140 cm³/mol. The zero-order chi connectivity index (χ0) is 29.0. The van der Waals surface area contributed by atoms with Crippen molar-refractivity contribution in [2.75, 3.05) is 5.32 Å². The average molecular weight is 579 g/mol. The van der Waals surface area contributed by atoms with Gasteiger partial charge < -0.3 is 25.5 Å². The van der Waals surface area contributed by atoms with Gasteiger partial charge in [0.2, 0.25) is 11.6 Å². The first-order chi connectivity index (χ1) is 19.0. The van der Waals surface area contributed by atoms with Crippen molar-refractivity contribution in [3.05, 3.63) is 82.0 Å². The van der Waals surface area contributed by atoms with Crippen LogP contribution in [0.4, 0.5) is 18.9 Å². The molecule has 0 spiro atoms. The average Bonchev–Trinajstić information content (AvgIpc) is 2.91. The molecule has 3 aromatic rings. The third kappa shape index (κ3) is 6.83. The van der Waals surface area contributed by atoms with Gasteiger partial charge in [0.05, 0.1) is 27.8 Å². The molecule has 4 rings (SSSR count). The van der Waals surface area contributed by atoms with Crippen molar-refractivity contribution in [3.8, 4) is 16.9 Å². The van der Waals surface area contributed by atoms with Gasteiger partial charge in [0.25, 0.3) is 0 Å². The van der Waals surface area contributed by atoms with Gasteiger partial charge in [0.1, 0.15) is 11.7 Å². The Labute approximate surface area is 232 Å². The number of pyridine rings is 1. The third-order valence-corrected chi connectivity index (χ3v) is 7.26. The maximum absolute atomic E-state index is 14.9. The summed E-state index contributed by atoms with van der Waals surface area (Å²) in [6, 6.07) is 10.3. The number of hydrogen-bond acceptors (Lipinski definition) is 5. The number of aliphatic hydroxyl groups excluding tert-OH is 1. The lowest BCUT2D eigenvalue weighted by Gasteiger charge is -2.28. The van der Waals surface area contributed by atoms with E-state index in [1.165, 1.54) is 36.4 Å². The number of aromatic carboxylic acids is 1. The largest absolute Gasteiger partial charge is 0.618 e. The molecule has 0 bridgehead atoms. The first-order valence-corrected chi connectivity index (χ1v) is 12.9. The van der Waals surface area contributed by atoms with Crippen LogP contribution in [0.25, 0.3) is 11.1 Å². The van der Waals surface area contributed by atoms with E-state index < -0.39 is 47.6 Å². The van der Waals surface area contributed by atoms with E-state index in [0.717, 1.165) is 18.3 Å². The second-order valence-electron chi connectivity index (χ2n) is 9.62. The molecule has 0 unspecified atom stereocenters. The molecule has 8 nitrogen and oxygen atoms in total. The zero-order valence-electron chi connectivity index (χ0n) is 21.0. The van der Waals surface area contributed by atoms with E-state index in [9.17, 15) is 33.1 Å². The number of carboxylic acids is 1. The number of hydrogen-bond donors (Lipinski definition) is 3. The Morgan fingerprint density at radius 1 is 1.07 bits per heavy atom. The Kier molecular flexibility index (Phi) is 9.16. The number of nitrogens with one attached hydrogen (secondary N) is 1. The van der Waals surface area contributed by atoms with Crippen LogP contribution in [0, 0.1) is 16.9 Å². The first-order valence-electron chi connectivity index (χ1n) is 12.5. The summed E-state index contributed by atoms with van der Waals surface area (Å²) in [6.45, 7) is -3.25. The van der Waals surface area contributed by atoms with Crippen molar-refractivity contribution in [1.82, 2.24) is 0 Å². The summed E-state index contributed by atoms with van der Waals surface area (Å²) in [6.07, 6.45) is 3.25. The number of amides is 1. The van der Waals surface area contributed by atoms with Crippen LogP contribution < -0.4 is 14.8 Å². The fourth-order valence-electron chi connectivity index (χ4n) is 4.91.